The number of morpholine rings is 1. The molecule has 1 fully saturated rings. The first-order valence-electron chi connectivity index (χ1n) is 9.50. The Morgan fingerprint density at radius 3 is 2.72 bits per heavy atom. The van der Waals surface area contributed by atoms with Crippen LogP contribution in [0.5, 0.6) is 0 Å². The van der Waals surface area contributed by atoms with E-state index in [2.05, 4.69) is 30.2 Å². The number of nitrogens with one attached hydrogen (secondary N) is 1. The zero-order valence-corrected chi connectivity index (χ0v) is 16.8. The highest BCUT2D eigenvalue weighted by Crippen LogP contribution is 2.15. The molecule has 0 aliphatic carbocycles. The third-order valence-corrected chi connectivity index (χ3v) is 4.68. The summed E-state index contributed by atoms with van der Waals surface area (Å²) in [6.45, 7) is 4.75. The minimum absolute atomic E-state index is 0.193. The smallest absolute Gasteiger partial charge is 0.270 e. The molecule has 3 aromatic rings. The highest BCUT2D eigenvalue weighted by atomic mass is 16.5. The summed E-state index contributed by atoms with van der Waals surface area (Å²) in [6, 6.07) is 5.63. The van der Waals surface area contributed by atoms with Crippen molar-refractivity contribution in [3.05, 3.63) is 41.6 Å². The van der Waals surface area contributed by atoms with Crippen LogP contribution in [0.3, 0.4) is 0 Å². The topological polar surface area (TPSA) is 101 Å². The molecule has 4 heterocycles. The first-order chi connectivity index (χ1) is 14.0. The highest BCUT2D eigenvalue weighted by Gasteiger charge is 2.19. The molecule has 0 radical (unpaired) electrons. The van der Waals surface area contributed by atoms with E-state index in [1.807, 2.05) is 50.3 Å². The molecule has 3 aromatic heterocycles. The van der Waals surface area contributed by atoms with E-state index in [1.165, 1.54) is 0 Å². The van der Waals surface area contributed by atoms with Gasteiger partial charge < -0.3 is 19.9 Å². The SMILES string of the molecule is Cc1nc2ccccn2c1C(=O)NCc1nc(N(C)C)nc(N2CCOCC2)n1. The van der Waals surface area contributed by atoms with Gasteiger partial charge in [0.2, 0.25) is 11.9 Å². The van der Waals surface area contributed by atoms with Crippen LogP contribution >= 0.6 is 0 Å². The van der Waals surface area contributed by atoms with Crippen LogP contribution in [0.25, 0.3) is 5.65 Å². The molecule has 0 saturated carbocycles. The van der Waals surface area contributed by atoms with Crippen LogP contribution in [0.2, 0.25) is 0 Å². The second kappa shape index (κ2) is 8.00. The lowest BCUT2D eigenvalue weighted by Crippen LogP contribution is -2.38. The molecular weight excluding hydrogens is 372 g/mol. The summed E-state index contributed by atoms with van der Waals surface area (Å²) in [6.07, 6.45) is 1.83. The Balaban J connectivity index is 1.56. The summed E-state index contributed by atoms with van der Waals surface area (Å²) in [7, 11) is 3.76. The molecule has 0 bridgehead atoms. The van der Waals surface area contributed by atoms with Gasteiger partial charge in [-0.1, -0.05) is 6.07 Å². The third-order valence-electron chi connectivity index (χ3n) is 4.68. The minimum atomic E-state index is -0.221. The summed E-state index contributed by atoms with van der Waals surface area (Å²) >= 11 is 0. The van der Waals surface area contributed by atoms with Crippen molar-refractivity contribution < 1.29 is 9.53 Å². The maximum atomic E-state index is 12.8. The number of hydrogen-bond donors (Lipinski definition) is 1. The lowest BCUT2D eigenvalue weighted by atomic mass is 10.3. The van der Waals surface area contributed by atoms with Crippen molar-refractivity contribution in [1.82, 2.24) is 29.7 Å². The number of aryl methyl sites for hydroxylation is 1. The van der Waals surface area contributed by atoms with Gasteiger partial charge in [0.1, 0.15) is 11.3 Å². The Bertz CT molecular complexity index is 1030. The molecule has 0 unspecified atom stereocenters. The maximum Gasteiger partial charge on any atom is 0.270 e. The Hall–Kier alpha value is -3.27. The first kappa shape index (κ1) is 19.1. The number of nitrogens with zero attached hydrogens (tertiary/aromatic N) is 7. The van der Waals surface area contributed by atoms with Crippen molar-refractivity contribution in [2.45, 2.75) is 13.5 Å². The molecule has 1 aliphatic heterocycles. The third kappa shape index (κ3) is 3.97. The largest absolute Gasteiger partial charge is 0.378 e. The molecule has 0 atom stereocenters. The van der Waals surface area contributed by atoms with Gasteiger partial charge in [-0.2, -0.15) is 15.0 Å². The molecule has 152 valence electrons. The van der Waals surface area contributed by atoms with Crippen LogP contribution < -0.4 is 15.1 Å². The summed E-state index contributed by atoms with van der Waals surface area (Å²) in [5, 5.41) is 2.92. The molecular formula is C19H24N8O2. The van der Waals surface area contributed by atoms with E-state index < -0.39 is 0 Å². The van der Waals surface area contributed by atoms with E-state index in [4.69, 9.17) is 4.74 Å². The molecule has 1 amide bonds. The Labute approximate surface area is 168 Å². The van der Waals surface area contributed by atoms with E-state index in [0.717, 1.165) is 18.7 Å². The fourth-order valence-corrected chi connectivity index (χ4v) is 3.21. The second-order valence-electron chi connectivity index (χ2n) is 7.00. The minimum Gasteiger partial charge on any atom is -0.378 e. The maximum absolute atomic E-state index is 12.8. The lowest BCUT2D eigenvalue weighted by Gasteiger charge is -2.27. The van der Waals surface area contributed by atoms with Gasteiger partial charge in [-0.25, -0.2) is 4.98 Å². The van der Waals surface area contributed by atoms with Crippen molar-refractivity contribution in [3.63, 3.8) is 0 Å². The van der Waals surface area contributed by atoms with Crippen LogP contribution in [0.15, 0.2) is 24.4 Å². The van der Waals surface area contributed by atoms with E-state index in [1.54, 1.807) is 4.40 Å². The van der Waals surface area contributed by atoms with E-state index in [9.17, 15) is 4.79 Å². The van der Waals surface area contributed by atoms with Gasteiger partial charge in [0.25, 0.3) is 5.91 Å². The average molecular weight is 396 g/mol. The molecule has 1 aliphatic rings. The van der Waals surface area contributed by atoms with Crippen molar-refractivity contribution >= 4 is 23.5 Å². The molecule has 4 rings (SSSR count). The zero-order valence-electron chi connectivity index (χ0n) is 16.8. The number of carbonyl (C=O) groups is 1. The van der Waals surface area contributed by atoms with E-state index in [0.29, 0.717) is 42.3 Å². The van der Waals surface area contributed by atoms with Gasteiger partial charge in [-0.15, -0.1) is 0 Å². The van der Waals surface area contributed by atoms with Crippen LogP contribution in [0, 0.1) is 6.92 Å². The summed E-state index contributed by atoms with van der Waals surface area (Å²) in [4.78, 5) is 34.7. The monoisotopic (exact) mass is 396 g/mol. The zero-order chi connectivity index (χ0) is 20.4. The number of hydrogen-bond acceptors (Lipinski definition) is 8. The first-order valence-corrected chi connectivity index (χ1v) is 9.50. The number of pyridine rings is 1. The number of imidazole rings is 1. The number of amides is 1. The van der Waals surface area contributed by atoms with Crippen molar-refractivity contribution in [1.29, 1.82) is 0 Å². The predicted octanol–water partition coefficient (Wildman–Crippen LogP) is 0.660. The van der Waals surface area contributed by atoms with Gasteiger partial charge >= 0.3 is 0 Å². The van der Waals surface area contributed by atoms with Crippen molar-refractivity contribution in [3.8, 4) is 0 Å². The fraction of sp³-hybridized carbons (Fsp3) is 0.421. The van der Waals surface area contributed by atoms with Crippen LogP contribution in [-0.2, 0) is 11.3 Å². The summed E-state index contributed by atoms with van der Waals surface area (Å²) in [5.41, 5.74) is 1.92. The molecule has 1 N–H and O–H groups in total. The number of ether oxygens (including phenoxy) is 1. The Morgan fingerprint density at radius 2 is 1.97 bits per heavy atom. The predicted molar refractivity (Wildman–Crippen MR) is 108 cm³/mol. The fourth-order valence-electron chi connectivity index (χ4n) is 3.21. The van der Waals surface area contributed by atoms with Crippen LogP contribution in [-0.4, -0.2) is 70.6 Å². The van der Waals surface area contributed by atoms with Crippen LogP contribution in [0.4, 0.5) is 11.9 Å². The van der Waals surface area contributed by atoms with Gasteiger partial charge in [-0.3, -0.25) is 9.20 Å². The summed E-state index contributed by atoms with van der Waals surface area (Å²) in [5.74, 6) is 1.44. The van der Waals surface area contributed by atoms with Crippen molar-refractivity contribution in [2.75, 3.05) is 50.2 Å². The van der Waals surface area contributed by atoms with Gasteiger partial charge in [0.05, 0.1) is 25.5 Å². The molecule has 10 nitrogen and oxygen atoms in total. The number of fused-ring (bicyclic) bond motifs is 1. The van der Waals surface area contributed by atoms with Gasteiger partial charge in [0.15, 0.2) is 5.82 Å². The molecule has 0 spiro atoms. The summed E-state index contributed by atoms with van der Waals surface area (Å²) < 4.78 is 7.19. The number of aromatic nitrogens is 5. The van der Waals surface area contributed by atoms with Gasteiger partial charge in [0, 0.05) is 33.4 Å². The standard InChI is InChI=1S/C19H24N8O2/c1-13-16(27-7-5-4-6-15(27)21-13)17(28)20-12-14-22-18(25(2)3)24-19(23-14)26-8-10-29-11-9-26/h4-7H,8-12H2,1-3H3,(H,20,28). The second-order valence-corrected chi connectivity index (χ2v) is 7.00. The van der Waals surface area contributed by atoms with Crippen LogP contribution in [0.1, 0.15) is 22.0 Å². The normalized spacial score (nSPS) is 14.2. The number of carbonyl (C=O) groups excluding carboxylic acids is 1. The lowest BCUT2D eigenvalue weighted by molar-refractivity contribution is 0.0943. The number of rotatable bonds is 5. The molecule has 0 aromatic carbocycles. The van der Waals surface area contributed by atoms with Gasteiger partial charge in [-0.05, 0) is 19.1 Å². The Kier molecular flexibility index (Phi) is 5.26. The molecule has 10 heteroatoms. The quantitative estimate of drug-likeness (QED) is 0.671. The van der Waals surface area contributed by atoms with E-state index >= 15 is 0 Å². The Morgan fingerprint density at radius 1 is 1.17 bits per heavy atom. The molecule has 1 saturated heterocycles. The van der Waals surface area contributed by atoms with Crippen molar-refractivity contribution in [2.24, 2.45) is 0 Å². The van der Waals surface area contributed by atoms with E-state index in [-0.39, 0.29) is 12.5 Å². The molecule has 29 heavy (non-hydrogen) atoms. The number of anilines is 2. The highest BCUT2D eigenvalue weighted by molar-refractivity contribution is 5.94. The average Bonchev–Trinajstić information content (AvgIpc) is 3.08.